The molecule has 156 valence electrons. The Labute approximate surface area is 184 Å². The molecule has 0 fully saturated rings. The number of carbonyl (C=O) groups is 1. The molecule has 7 heteroatoms. The number of amides is 1. The fraction of sp³-hybridized carbons (Fsp3) is 0.125. The quantitative estimate of drug-likeness (QED) is 0.496. The normalized spacial score (nSPS) is 10.8. The topological polar surface area (TPSA) is 73.2 Å². The molecule has 0 saturated carbocycles. The minimum Gasteiger partial charge on any atom is -0.495 e. The second-order valence-corrected chi connectivity index (χ2v) is 7.50. The zero-order valence-electron chi connectivity index (χ0n) is 17.1. The van der Waals surface area contributed by atoms with Gasteiger partial charge in [-0.15, -0.1) is 0 Å². The molecule has 0 bridgehead atoms. The zero-order valence-corrected chi connectivity index (χ0v) is 17.8. The van der Waals surface area contributed by atoms with Crippen LogP contribution in [0.3, 0.4) is 0 Å². The highest BCUT2D eigenvalue weighted by atomic mass is 35.5. The summed E-state index contributed by atoms with van der Waals surface area (Å²) in [6.45, 7) is 2.18. The maximum Gasteiger partial charge on any atom is 0.260 e. The molecule has 4 rings (SSSR count). The molecular formula is C24H20ClN3O3. The van der Waals surface area contributed by atoms with E-state index in [2.05, 4.69) is 10.3 Å². The molecular weight excluding hydrogens is 414 g/mol. The summed E-state index contributed by atoms with van der Waals surface area (Å²) in [5.74, 6) is 0.146. The van der Waals surface area contributed by atoms with Gasteiger partial charge in [0.05, 0.1) is 40.8 Å². The van der Waals surface area contributed by atoms with Gasteiger partial charge in [-0.05, 0) is 42.8 Å². The number of nitrogens with one attached hydrogen (secondary N) is 1. The Bertz CT molecular complexity index is 1330. The fourth-order valence-electron chi connectivity index (χ4n) is 3.38. The van der Waals surface area contributed by atoms with Gasteiger partial charge < -0.3 is 14.6 Å². The van der Waals surface area contributed by atoms with Gasteiger partial charge in [0.1, 0.15) is 5.75 Å². The van der Waals surface area contributed by atoms with E-state index in [1.54, 1.807) is 48.0 Å². The van der Waals surface area contributed by atoms with Crippen molar-refractivity contribution < 1.29 is 9.53 Å². The molecule has 1 amide bonds. The van der Waals surface area contributed by atoms with Crippen molar-refractivity contribution in [3.05, 3.63) is 99.1 Å². The van der Waals surface area contributed by atoms with Gasteiger partial charge in [0.25, 0.3) is 11.5 Å². The number of halogens is 1. The maximum atomic E-state index is 13.1. The number of hydrogen-bond donors (Lipinski definition) is 1. The van der Waals surface area contributed by atoms with Crippen LogP contribution in [0.2, 0.25) is 5.02 Å². The van der Waals surface area contributed by atoms with Crippen LogP contribution in [0.1, 0.15) is 21.6 Å². The van der Waals surface area contributed by atoms with E-state index in [4.69, 9.17) is 16.3 Å². The third-order valence-corrected chi connectivity index (χ3v) is 5.29. The molecule has 6 nitrogen and oxygen atoms in total. The van der Waals surface area contributed by atoms with Crippen LogP contribution in [0.4, 0.5) is 5.69 Å². The molecule has 1 N–H and O–H groups in total. The molecule has 0 saturated heterocycles. The lowest BCUT2D eigenvalue weighted by atomic mass is 10.1. The van der Waals surface area contributed by atoms with E-state index in [0.717, 1.165) is 5.56 Å². The van der Waals surface area contributed by atoms with E-state index in [9.17, 15) is 9.59 Å². The minimum absolute atomic E-state index is 0.199. The van der Waals surface area contributed by atoms with Crippen molar-refractivity contribution in [1.82, 2.24) is 9.55 Å². The van der Waals surface area contributed by atoms with Crippen LogP contribution in [0, 0.1) is 6.92 Å². The Kier molecular flexibility index (Phi) is 5.73. The van der Waals surface area contributed by atoms with Crippen molar-refractivity contribution in [3.63, 3.8) is 0 Å². The first-order chi connectivity index (χ1) is 15.0. The van der Waals surface area contributed by atoms with E-state index in [1.165, 1.54) is 7.11 Å². The Morgan fingerprint density at radius 2 is 1.90 bits per heavy atom. The first-order valence-electron chi connectivity index (χ1n) is 9.66. The average Bonchev–Trinajstić information content (AvgIpc) is 2.76. The van der Waals surface area contributed by atoms with Gasteiger partial charge in [-0.25, -0.2) is 0 Å². The molecule has 0 atom stereocenters. The number of nitrogens with zero attached hydrogens (tertiary/aromatic N) is 2. The van der Waals surface area contributed by atoms with Crippen molar-refractivity contribution in [2.75, 3.05) is 12.4 Å². The summed E-state index contributed by atoms with van der Waals surface area (Å²) in [4.78, 5) is 30.4. The first kappa shape index (κ1) is 20.6. The average molecular weight is 434 g/mol. The Hall–Kier alpha value is -3.64. The molecule has 0 unspecified atom stereocenters. The highest BCUT2D eigenvalue weighted by Crippen LogP contribution is 2.27. The summed E-state index contributed by atoms with van der Waals surface area (Å²) in [6, 6.07) is 18.1. The molecule has 2 aromatic heterocycles. The number of anilines is 1. The summed E-state index contributed by atoms with van der Waals surface area (Å²) in [7, 11) is 1.52. The largest absolute Gasteiger partial charge is 0.495 e. The molecule has 0 aliphatic heterocycles. The number of aryl methyl sites for hydroxylation is 1. The minimum atomic E-state index is -0.369. The standard InChI is InChI=1S/C24H20ClN3O3/c1-15-18(23(29)27-17-8-9-22(31-2)20(25)12-17)13-19-21(26-15)10-11-28(24(19)30)14-16-6-4-3-5-7-16/h3-13H,14H2,1-2H3,(H,27,29). The van der Waals surface area contributed by atoms with Crippen molar-refractivity contribution in [3.8, 4) is 5.75 Å². The third-order valence-electron chi connectivity index (χ3n) is 5.00. The van der Waals surface area contributed by atoms with Gasteiger partial charge in [0.2, 0.25) is 0 Å². The second kappa shape index (κ2) is 8.62. The second-order valence-electron chi connectivity index (χ2n) is 7.09. The lowest BCUT2D eigenvalue weighted by molar-refractivity contribution is 0.102. The number of methoxy groups -OCH3 is 1. The summed E-state index contributed by atoms with van der Waals surface area (Å²) < 4.78 is 6.74. The van der Waals surface area contributed by atoms with Crippen molar-refractivity contribution in [2.45, 2.75) is 13.5 Å². The molecule has 0 radical (unpaired) electrons. The van der Waals surface area contributed by atoms with E-state index < -0.39 is 0 Å². The SMILES string of the molecule is COc1ccc(NC(=O)c2cc3c(=O)n(Cc4ccccc4)ccc3nc2C)cc1Cl. The van der Waals surface area contributed by atoms with E-state index in [0.29, 0.717) is 45.2 Å². The Morgan fingerprint density at radius 1 is 1.13 bits per heavy atom. The number of hydrogen-bond acceptors (Lipinski definition) is 4. The molecule has 4 aromatic rings. The predicted octanol–water partition coefficient (Wildman–Crippen LogP) is 4.67. The van der Waals surface area contributed by atoms with Crippen molar-refractivity contribution in [1.29, 1.82) is 0 Å². The maximum absolute atomic E-state index is 13.1. The number of fused-ring (bicyclic) bond motifs is 1. The molecule has 2 heterocycles. The van der Waals surface area contributed by atoms with Gasteiger partial charge in [-0.2, -0.15) is 0 Å². The van der Waals surface area contributed by atoms with Gasteiger partial charge in [0.15, 0.2) is 0 Å². The molecule has 0 aliphatic carbocycles. The third kappa shape index (κ3) is 4.29. The predicted molar refractivity (Wildman–Crippen MR) is 122 cm³/mol. The van der Waals surface area contributed by atoms with Gasteiger partial charge >= 0.3 is 0 Å². The lowest BCUT2D eigenvalue weighted by Gasteiger charge is -2.11. The van der Waals surface area contributed by atoms with Gasteiger partial charge in [-0.3, -0.25) is 14.6 Å². The summed E-state index contributed by atoms with van der Waals surface area (Å²) in [6.07, 6.45) is 1.73. The van der Waals surface area contributed by atoms with E-state index in [1.807, 2.05) is 30.3 Å². The van der Waals surface area contributed by atoms with Crippen LogP contribution >= 0.6 is 11.6 Å². The van der Waals surface area contributed by atoms with E-state index >= 15 is 0 Å². The van der Waals surface area contributed by atoms with Crippen LogP contribution < -0.4 is 15.6 Å². The van der Waals surface area contributed by atoms with Gasteiger partial charge in [0, 0.05) is 11.9 Å². The lowest BCUT2D eigenvalue weighted by Crippen LogP contribution is -2.22. The Morgan fingerprint density at radius 3 is 2.61 bits per heavy atom. The summed E-state index contributed by atoms with van der Waals surface area (Å²) in [5.41, 5.74) is 2.74. The molecule has 31 heavy (non-hydrogen) atoms. The molecule has 0 spiro atoms. The Balaban J connectivity index is 1.68. The highest BCUT2D eigenvalue weighted by molar-refractivity contribution is 6.32. The highest BCUT2D eigenvalue weighted by Gasteiger charge is 2.15. The van der Waals surface area contributed by atoms with E-state index in [-0.39, 0.29) is 11.5 Å². The van der Waals surface area contributed by atoms with Gasteiger partial charge in [-0.1, -0.05) is 41.9 Å². The molecule has 2 aromatic carbocycles. The van der Waals surface area contributed by atoms with Crippen LogP contribution in [0.25, 0.3) is 10.9 Å². The number of aromatic nitrogens is 2. The number of benzene rings is 2. The summed E-state index contributed by atoms with van der Waals surface area (Å²) >= 11 is 6.14. The number of rotatable bonds is 5. The van der Waals surface area contributed by atoms with Crippen molar-refractivity contribution in [2.24, 2.45) is 0 Å². The zero-order chi connectivity index (χ0) is 22.0. The number of pyridine rings is 2. The monoisotopic (exact) mass is 433 g/mol. The van der Waals surface area contributed by atoms with Crippen molar-refractivity contribution >= 4 is 34.1 Å². The smallest absolute Gasteiger partial charge is 0.260 e. The first-order valence-corrected chi connectivity index (χ1v) is 10.0. The van der Waals surface area contributed by atoms with Crippen LogP contribution in [0.5, 0.6) is 5.75 Å². The molecule has 0 aliphatic rings. The van der Waals surface area contributed by atoms with Crippen LogP contribution in [-0.4, -0.2) is 22.6 Å². The summed E-state index contributed by atoms with van der Waals surface area (Å²) in [5, 5.41) is 3.58. The van der Waals surface area contributed by atoms with Crippen LogP contribution in [0.15, 0.2) is 71.7 Å². The number of carbonyl (C=O) groups excluding carboxylic acids is 1. The fourth-order valence-corrected chi connectivity index (χ4v) is 3.64. The van der Waals surface area contributed by atoms with Crippen LogP contribution in [-0.2, 0) is 6.54 Å². The number of ether oxygens (including phenoxy) is 1.